The van der Waals surface area contributed by atoms with Gasteiger partial charge in [-0.15, -0.1) is 0 Å². The third kappa shape index (κ3) is 3.77. The molecule has 2 N–H and O–H groups in total. The molecule has 1 atom stereocenters. The van der Waals surface area contributed by atoms with E-state index in [1.54, 1.807) is 0 Å². The molecule has 0 aromatic carbocycles. The quantitative estimate of drug-likeness (QED) is 0.498. The molecule has 8 heavy (non-hydrogen) atoms. The predicted octanol–water partition coefficient (Wildman–Crippen LogP) is -0.933. The average molecular weight is 116 g/mol. The Hall–Kier alpha value is -0.410. The standard InChI is InChI=1S/C5H10NO2/c1-2-6-3-5(8)4-7/h5-6,8H,2-3H2,1H3. The molecule has 3 heteroatoms. The molecule has 0 heterocycles. The average Bonchev–Trinajstić information content (AvgIpc) is 1.83. The van der Waals surface area contributed by atoms with Crippen LogP contribution in [0.25, 0.3) is 0 Å². The highest BCUT2D eigenvalue weighted by atomic mass is 16.3. The summed E-state index contributed by atoms with van der Waals surface area (Å²) < 4.78 is 0. The smallest absolute Gasteiger partial charge is 0.230 e. The molecule has 0 rings (SSSR count). The van der Waals surface area contributed by atoms with Crippen molar-refractivity contribution in [1.29, 1.82) is 0 Å². The topological polar surface area (TPSA) is 49.3 Å². The summed E-state index contributed by atoms with van der Waals surface area (Å²) in [5.41, 5.74) is 0. The summed E-state index contributed by atoms with van der Waals surface area (Å²) in [6.07, 6.45) is 0.480. The molecule has 47 valence electrons. The molecule has 0 aliphatic rings. The summed E-state index contributed by atoms with van der Waals surface area (Å²) in [5.74, 6) is 0. The molecule has 0 saturated heterocycles. The minimum absolute atomic E-state index is 0.306. The van der Waals surface area contributed by atoms with Crippen LogP contribution in [0.15, 0.2) is 0 Å². The van der Waals surface area contributed by atoms with Gasteiger partial charge in [0.1, 0.15) is 6.10 Å². The zero-order valence-corrected chi connectivity index (χ0v) is 4.85. The molecule has 0 fully saturated rings. The van der Waals surface area contributed by atoms with E-state index in [0.717, 1.165) is 6.54 Å². The van der Waals surface area contributed by atoms with E-state index in [-0.39, 0.29) is 0 Å². The fraction of sp³-hybridized carbons (Fsp3) is 0.800. The fourth-order valence-corrected chi connectivity index (χ4v) is 0.323. The van der Waals surface area contributed by atoms with Crippen molar-refractivity contribution in [2.45, 2.75) is 13.0 Å². The van der Waals surface area contributed by atoms with Crippen molar-refractivity contribution in [2.75, 3.05) is 13.1 Å². The van der Waals surface area contributed by atoms with Gasteiger partial charge in [-0.3, -0.25) is 4.79 Å². The summed E-state index contributed by atoms with van der Waals surface area (Å²) in [7, 11) is 0. The molecule has 0 amide bonds. The second-order valence-corrected chi connectivity index (χ2v) is 1.44. The summed E-state index contributed by atoms with van der Waals surface area (Å²) in [6.45, 7) is 2.97. The second-order valence-electron chi connectivity index (χ2n) is 1.44. The van der Waals surface area contributed by atoms with Crippen molar-refractivity contribution in [3.63, 3.8) is 0 Å². The lowest BCUT2D eigenvalue weighted by atomic mass is 10.4. The van der Waals surface area contributed by atoms with Gasteiger partial charge in [-0.25, -0.2) is 0 Å². The van der Waals surface area contributed by atoms with Crippen molar-refractivity contribution >= 4 is 6.29 Å². The lowest BCUT2D eigenvalue weighted by Crippen LogP contribution is -2.27. The van der Waals surface area contributed by atoms with E-state index >= 15 is 0 Å². The van der Waals surface area contributed by atoms with Gasteiger partial charge in [-0.2, -0.15) is 0 Å². The molecule has 1 radical (unpaired) electrons. The highest BCUT2D eigenvalue weighted by Crippen LogP contribution is 1.69. The largest absolute Gasteiger partial charge is 0.383 e. The minimum atomic E-state index is -0.963. The molecule has 0 aliphatic heterocycles. The Morgan fingerprint density at radius 3 is 2.88 bits per heavy atom. The summed E-state index contributed by atoms with van der Waals surface area (Å²) >= 11 is 0. The van der Waals surface area contributed by atoms with Crippen LogP contribution in [0, 0.1) is 0 Å². The van der Waals surface area contributed by atoms with E-state index in [9.17, 15) is 4.79 Å². The van der Waals surface area contributed by atoms with Crippen LogP contribution >= 0.6 is 0 Å². The number of carbonyl (C=O) groups excluding carboxylic acids is 1. The molecule has 0 saturated carbocycles. The van der Waals surface area contributed by atoms with E-state index in [2.05, 4.69) is 5.32 Å². The Bertz CT molecular complexity index is 65.4. The zero-order chi connectivity index (χ0) is 6.41. The molecule has 3 nitrogen and oxygen atoms in total. The maximum atomic E-state index is 9.60. The van der Waals surface area contributed by atoms with Gasteiger partial charge in [0.2, 0.25) is 6.29 Å². The number of hydrogen-bond donors (Lipinski definition) is 2. The van der Waals surface area contributed by atoms with Crippen molar-refractivity contribution in [3.8, 4) is 0 Å². The van der Waals surface area contributed by atoms with Crippen LogP contribution in [0.5, 0.6) is 0 Å². The third-order valence-corrected chi connectivity index (χ3v) is 0.724. The van der Waals surface area contributed by atoms with Crippen molar-refractivity contribution < 1.29 is 9.90 Å². The molecule has 0 aromatic rings. The number of hydrogen-bond acceptors (Lipinski definition) is 3. The van der Waals surface area contributed by atoms with E-state index in [1.165, 1.54) is 6.29 Å². The van der Waals surface area contributed by atoms with Gasteiger partial charge in [-0.1, -0.05) is 6.92 Å². The van der Waals surface area contributed by atoms with Crippen LogP contribution < -0.4 is 5.32 Å². The van der Waals surface area contributed by atoms with Gasteiger partial charge >= 0.3 is 0 Å². The minimum Gasteiger partial charge on any atom is -0.383 e. The fourth-order valence-electron chi connectivity index (χ4n) is 0.323. The summed E-state index contributed by atoms with van der Waals surface area (Å²) in [6, 6.07) is 0. The van der Waals surface area contributed by atoms with Crippen LogP contribution in [-0.2, 0) is 4.79 Å². The lowest BCUT2D eigenvalue weighted by Gasteiger charge is -1.99. The van der Waals surface area contributed by atoms with Crippen molar-refractivity contribution in [3.05, 3.63) is 0 Å². The van der Waals surface area contributed by atoms with Crippen molar-refractivity contribution in [1.82, 2.24) is 5.32 Å². The van der Waals surface area contributed by atoms with E-state index in [4.69, 9.17) is 5.11 Å². The third-order valence-electron chi connectivity index (χ3n) is 0.724. The van der Waals surface area contributed by atoms with Crippen LogP contribution in [-0.4, -0.2) is 30.6 Å². The Morgan fingerprint density at radius 1 is 1.88 bits per heavy atom. The molecule has 0 spiro atoms. The SMILES string of the molecule is CCNCC(O)[C]=O. The Kier molecular flexibility index (Phi) is 4.50. The molecular formula is C5H10NO2. The number of aliphatic hydroxyl groups is 1. The first-order valence-electron chi connectivity index (χ1n) is 2.57. The molecule has 1 unspecified atom stereocenters. The number of nitrogens with one attached hydrogen (secondary N) is 1. The zero-order valence-electron chi connectivity index (χ0n) is 4.85. The maximum absolute atomic E-state index is 9.60. The molecule has 0 aliphatic carbocycles. The number of likely N-dealkylation sites (N-methyl/N-ethyl adjacent to an activating group) is 1. The van der Waals surface area contributed by atoms with Crippen LogP contribution in [0.2, 0.25) is 0 Å². The van der Waals surface area contributed by atoms with Gasteiger partial charge < -0.3 is 10.4 Å². The normalized spacial score (nSPS) is 13.2. The van der Waals surface area contributed by atoms with Gasteiger partial charge in [0.05, 0.1) is 0 Å². The molecule has 0 aromatic heterocycles. The summed E-state index contributed by atoms with van der Waals surface area (Å²) in [4.78, 5) is 9.60. The highest BCUT2D eigenvalue weighted by Gasteiger charge is 1.97. The number of rotatable bonds is 4. The van der Waals surface area contributed by atoms with Crippen molar-refractivity contribution in [2.24, 2.45) is 0 Å². The van der Waals surface area contributed by atoms with E-state index in [1.807, 2.05) is 6.92 Å². The number of aliphatic hydroxyl groups excluding tert-OH is 1. The Morgan fingerprint density at radius 2 is 2.50 bits per heavy atom. The monoisotopic (exact) mass is 116 g/mol. The van der Waals surface area contributed by atoms with Gasteiger partial charge in [0.25, 0.3) is 0 Å². The lowest BCUT2D eigenvalue weighted by molar-refractivity contribution is 0.231. The first-order valence-corrected chi connectivity index (χ1v) is 2.57. The molecular weight excluding hydrogens is 106 g/mol. The second kappa shape index (κ2) is 4.74. The van der Waals surface area contributed by atoms with Crippen LogP contribution in [0.1, 0.15) is 6.92 Å². The van der Waals surface area contributed by atoms with E-state index < -0.39 is 6.10 Å². The maximum Gasteiger partial charge on any atom is 0.230 e. The predicted molar refractivity (Wildman–Crippen MR) is 30.2 cm³/mol. The first-order chi connectivity index (χ1) is 3.81. The Balaban J connectivity index is 2.98. The Labute approximate surface area is 48.7 Å². The van der Waals surface area contributed by atoms with Gasteiger partial charge in [-0.05, 0) is 6.54 Å². The van der Waals surface area contributed by atoms with E-state index in [0.29, 0.717) is 6.54 Å². The van der Waals surface area contributed by atoms with Gasteiger partial charge in [0.15, 0.2) is 0 Å². The van der Waals surface area contributed by atoms with Crippen LogP contribution in [0.4, 0.5) is 0 Å². The van der Waals surface area contributed by atoms with Gasteiger partial charge in [0, 0.05) is 6.54 Å². The molecule has 0 bridgehead atoms. The highest BCUT2D eigenvalue weighted by molar-refractivity contribution is 5.56. The van der Waals surface area contributed by atoms with Crippen LogP contribution in [0.3, 0.4) is 0 Å². The summed E-state index contributed by atoms with van der Waals surface area (Å²) in [5, 5.41) is 11.3. The first kappa shape index (κ1) is 7.59.